The fraction of sp³-hybridized carbons (Fsp3) is 0.115. The van der Waals surface area contributed by atoms with E-state index < -0.39 is 23.5 Å². The molecule has 5 nitrogen and oxygen atoms in total. The van der Waals surface area contributed by atoms with Crippen molar-refractivity contribution in [1.82, 2.24) is 4.98 Å². The first-order chi connectivity index (χ1) is 16.2. The fourth-order valence-electron chi connectivity index (χ4n) is 4.25. The third kappa shape index (κ3) is 3.73. The maximum atomic E-state index is 13.5. The summed E-state index contributed by atoms with van der Waals surface area (Å²) < 4.78 is 15.1. The molecule has 1 aliphatic rings. The molecule has 1 amide bonds. The number of carbonyl (C=O) groups is 2. The van der Waals surface area contributed by atoms with Crippen LogP contribution in [0, 0.1) is 19.7 Å². The summed E-state index contributed by atoms with van der Waals surface area (Å²) in [5.41, 5.74) is 3.61. The van der Waals surface area contributed by atoms with Gasteiger partial charge in [-0.2, -0.15) is 0 Å². The molecular formula is C26H18BrFN2O3S. The summed E-state index contributed by atoms with van der Waals surface area (Å²) in [6, 6.07) is 15.5. The number of rotatable bonds is 3. The Balaban J connectivity index is 1.75. The average Bonchev–Trinajstić information content (AvgIpc) is 3.33. The first-order valence-corrected chi connectivity index (χ1v) is 12.1. The highest BCUT2D eigenvalue weighted by Gasteiger charge is 2.48. The quantitative estimate of drug-likeness (QED) is 0.186. The van der Waals surface area contributed by atoms with Gasteiger partial charge in [-0.1, -0.05) is 45.5 Å². The average molecular weight is 537 g/mol. The molecule has 0 bridgehead atoms. The highest BCUT2D eigenvalue weighted by molar-refractivity contribution is 9.10. The molecule has 1 atom stereocenters. The van der Waals surface area contributed by atoms with Crippen molar-refractivity contribution in [1.29, 1.82) is 0 Å². The first-order valence-electron chi connectivity index (χ1n) is 10.4. The number of amides is 1. The largest absolute Gasteiger partial charge is 0.507 e. The van der Waals surface area contributed by atoms with Gasteiger partial charge in [0.15, 0.2) is 5.13 Å². The van der Waals surface area contributed by atoms with Gasteiger partial charge in [0, 0.05) is 10.0 Å². The summed E-state index contributed by atoms with van der Waals surface area (Å²) in [4.78, 5) is 32.6. The molecule has 4 aromatic rings. The molecule has 1 aromatic heterocycles. The second kappa shape index (κ2) is 8.45. The lowest BCUT2D eigenvalue weighted by Crippen LogP contribution is -2.29. The lowest BCUT2D eigenvalue weighted by molar-refractivity contribution is -0.132. The SMILES string of the molecule is Cc1cc(C)c2nc(N3C(=O)C(=O)/C(=C(/O)c4ccc(F)cc4)[C@@H]3c3cccc(Br)c3)sc2c1. The van der Waals surface area contributed by atoms with Gasteiger partial charge in [-0.15, -0.1) is 0 Å². The molecule has 0 saturated carbocycles. The lowest BCUT2D eigenvalue weighted by atomic mass is 9.95. The van der Waals surface area contributed by atoms with E-state index in [4.69, 9.17) is 4.98 Å². The first kappa shape index (κ1) is 22.4. The predicted molar refractivity (Wildman–Crippen MR) is 134 cm³/mol. The van der Waals surface area contributed by atoms with Crippen LogP contribution in [-0.2, 0) is 9.59 Å². The number of aryl methyl sites for hydroxylation is 2. The smallest absolute Gasteiger partial charge is 0.301 e. The van der Waals surface area contributed by atoms with Crippen LogP contribution in [0.5, 0.6) is 0 Å². The number of benzene rings is 3. The van der Waals surface area contributed by atoms with Crippen LogP contribution in [-0.4, -0.2) is 21.8 Å². The topological polar surface area (TPSA) is 70.5 Å². The Morgan fingerprint density at radius 2 is 1.82 bits per heavy atom. The Morgan fingerprint density at radius 1 is 1.09 bits per heavy atom. The number of aromatic nitrogens is 1. The molecule has 2 heterocycles. The number of Topliss-reactive ketones (excluding diaryl/α,β-unsaturated/α-hetero) is 1. The van der Waals surface area contributed by atoms with Gasteiger partial charge < -0.3 is 5.11 Å². The predicted octanol–water partition coefficient (Wildman–Crippen LogP) is 6.44. The maximum absolute atomic E-state index is 13.5. The van der Waals surface area contributed by atoms with Crippen molar-refractivity contribution in [3.8, 4) is 0 Å². The molecule has 1 aliphatic heterocycles. The van der Waals surface area contributed by atoms with E-state index >= 15 is 0 Å². The molecule has 0 unspecified atom stereocenters. The van der Waals surface area contributed by atoms with Crippen molar-refractivity contribution >= 4 is 60.1 Å². The van der Waals surface area contributed by atoms with E-state index in [1.807, 2.05) is 32.0 Å². The minimum Gasteiger partial charge on any atom is -0.507 e. The van der Waals surface area contributed by atoms with Gasteiger partial charge in [-0.05, 0) is 73.0 Å². The Bertz CT molecular complexity index is 1510. The van der Waals surface area contributed by atoms with Crippen LogP contribution >= 0.6 is 27.3 Å². The maximum Gasteiger partial charge on any atom is 0.301 e. The second-order valence-electron chi connectivity index (χ2n) is 8.16. The summed E-state index contributed by atoms with van der Waals surface area (Å²) in [7, 11) is 0. The number of anilines is 1. The molecule has 0 radical (unpaired) electrons. The van der Waals surface area contributed by atoms with Gasteiger partial charge in [0.05, 0.1) is 21.8 Å². The molecule has 1 saturated heterocycles. The van der Waals surface area contributed by atoms with Crippen molar-refractivity contribution < 1.29 is 19.1 Å². The van der Waals surface area contributed by atoms with Crippen molar-refractivity contribution in [3.63, 3.8) is 0 Å². The summed E-state index contributed by atoms with van der Waals surface area (Å²) >= 11 is 4.77. The highest BCUT2D eigenvalue weighted by atomic mass is 79.9. The number of thiazole rings is 1. The minimum absolute atomic E-state index is 0.0677. The van der Waals surface area contributed by atoms with Gasteiger partial charge in [0.25, 0.3) is 5.78 Å². The zero-order valence-electron chi connectivity index (χ0n) is 18.2. The molecule has 1 N–H and O–H groups in total. The summed E-state index contributed by atoms with van der Waals surface area (Å²) in [6.45, 7) is 3.94. The van der Waals surface area contributed by atoms with Gasteiger partial charge in [0.1, 0.15) is 11.6 Å². The third-order valence-corrected chi connectivity index (χ3v) is 7.25. The number of carbonyl (C=O) groups excluding carboxylic acids is 2. The number of nitrogens with zero attached hydrogens (tertiary/aromatic N) is 2. The zero-order valence-corrected chi connectivity index (χ0v) is 20.6. The molecule has 3 aromatic carbocycles. The number of hydrogen-bond donors (Lipinski definition) is 1. The van der Waals surface area contributed by atoms with Crippen LogP contribution in [0.4, 0.5) is 9.52 Å². The molecule has 170 valence electrons. The van der Waals surface area contributed by atoms with E-state index in [9.17, 15) is 19.1 Å². The number of hydrogen-bond acceptors (Lipinski definition) is 5. The zero-order chi connectivity index (χ0) is 24.1. The molecule has 8 heteroatoms. The third-order valence-electron chi connectivity index (χ3n) is 5.75. The monoisotopic (exact) mass is 536 g/mol. The lowest BCUT2D eigenvalue weighted by Gasteiger charge is -2.23. The van der Waals surface area contributed by atoms with Crippen LogP contribution in [0.25, 0.3) is 16.0 Å². The Labute approximate surface area is 207 Å². The number of aliphatic hydroxyl groups excluding tert-OH is 1. The molecule has 34 heavy (non-hydrogen) atoms. The van der Waals surface area contributed by atoms with Crippen LogP contribution in [0.15, 0.2) is 70.7 Å². The van der Waals surface area contributed by atoms with E-state index in [2.05, 4.69) is 15.9 Å². The van der Waals surface area contributed by atoms with E-state index in [0.29, 0.717) is 10.7 Å². The van der Waals surface area contributed by atoms with Crippen LogP contribution in [0.1, 0.15) is 28.3 Å². The Kier molecular flexibility index (Phi) is 5.58. The number of aliphatic hydroxyl groups is 1. The van der Waals surface area contributed by atoms with E-state index in [-0.39, 0.29) is 16.9 Å². The van der Waals surface area contributed by atoms with E-state index in [1.165, 1.54) is 40.5 Å². The van der Waals surface area contributed by atoms with Gasteiger partial charge >= 0.3 is 5.91 Å². The summed E-state index contributed by atoms with van der Waals surface area (Å²) in [5, 5.41) is 11.5. The standard InChI is InChI=1S/C26H18BrFN2O3S/c1-13-10-14(2)21-19(11-13)34-26(29-21)30-22(16-4-3-5-17(27)12-16)20(24(32)25(30)33)23(31)15-6-8-18(28)9-7-15/h3-12,22,31H,1-2H3/b23-20+/t22-/m0/s1. The molecule has 0 spiro atoms. The molecule has 5 rings (SSSR count). The summed E-state index contributed by atoms with van der Waals surface area (Å²) in [6.07, 6.45) is 0. The second-order valence-corrected chi connectivity index (χ2v) is 10.1. The Hall–Kier alpha value is -3.36. The van der Waals surface area contributed by atoms with Crippen molar-refractivity contribution in [2.45, 2.75) is 19.9 Å². The minimum atomic E-state index is -0.899. The van der Waals surface area contributed by atoms with Crippen molar-refractivity contribution in [2.75, 3.05) is 4.90 Å². The fourth-order valence-corrected chi connectivity index (χ4v) is 5.83. The number of halogens is 2. The van der Waals surface area contributed by atoms with Crippen molar-refractivity contribution in [2.24, 2.45) is 0 Å². The van der Waals surface area contributed by atoms with Crippen LogP contribution in [0.3, 0.4) is 0 Å². The molecule has 0 aliphatic carbocycles. The van der Waals surface area contributed by atoms with Gasteiger partial charge in [-0.3, -0.25) is 14.5 Å². The molecule has 1 fully saturated rings. The van der Waals surface area contributed by atoms with Gasteiger partial charge in [-0.25, -0.2) is 9.37 Å². The summed E-state index contributed by atoms with van der Waals surface area (Å²) in [5.74, 6) is -2.43. The number of fused-ring (bicyclic) bond motifs is 1. The molecular weight excluding hydrogens is 519 g/mol. The Morgan fingerprint density at radius 3 is 2.53 bits per heavy atom. The van der Waals surface area contributed by atoms with E-state index in [0.717, 1.165) is 25.8 Å². The van der Waals surface area contributed by atoms with Crippen LogP contribution < -0.4 is 4.90 Å². The number of ketones is 1. The van der Waals surface area contributed by atoms with Crippen molar-refractivity contribution in [3.05, 3.63) is 98.8 Å². The van der Waals surface area contributed by atoms with E-state index in [1.54, 1.807) is 18.2 Å². The highest BCUT2D eigenvalue weighted by Crippen LogP contribution is 2.45. The van der Waals surface area contributed by atoms with Gasteiger partial charge in [0.2, 0.25) is 0 Å². The normalized spacial score (nSPS) is 17.6. The van der Waals surface area contributed by atoms with Crippen LogP contribution in [0.2, 0.25) is 0 Å².